The third-order valence-corrected chi connectivity index (χ3v) is 4.93. The fourth-order valence-electron chi connectivity index (χ4n) is 3.26. The van der Waals surface area contributed by atoms with Crippen molar-refractivity contribution in [2.24, 2.45) is 10.7 Å². The first-order chi connectivity index (χ1) is 14.0. The van der Waals surface area contributed by atoms with E-state index in [4.69, 9.17) is 5.73 Å². The number of halogens is 2. The van der Waals surface area contributed by atoms with Gasteiger partial charge in [0.05, 0.1) is 6.54 Å². The number of benzene rings is 2. The van der Waals surface area contributed by atoms with Crippen LogP contribution in [0.5, 0.6) is 0 Å². The Kier molecular flexibility index (Phi) is 9.35. The summed E-state index contributed by atoms with van der Waals surface area (Å²) in [5.41, 5.74) is 9.03. The second-order valence-electron chi connectivity index (χ2n) is 7.12. The highest BCUT2D eigenvalue weighted by molar-refractivity contribution is 14.0. The van der Waals surface area contributed by atoms with Crippen LogP contribution in [0.4, 0.5) is 15.8 Å². The molecule has 30 heavy (non-hydrogen) atoms. The fraction of sp³-hybridized carbons (Fsp3) is 0.364. The van der Waals surface area contributed by atoms with Crippen molar-refractivity contribution in [3.05, 3.63) is 59.9 Å². The average molecular weight is 525 g/mol. The van der Waals surface area contributed by atoms with Crippen molar-refractivity contribution in [3.8, 4) is 0 Å². The molecule has 2 aromatic rings. The molecule has 6 nitrogen and oxygen atoms in total. The molecule has 1 heterocycles. The lowest BCUT2D eigenvalue weighted by Crippen LogP contribution is -2.51. The van der Waals surface area contributed by atoms with Crippen molar-refractivity contribution in [2.75, 3.05) is 36.4 Å². The molecule has 0 unspecified atom stereocenters. The average Bonchev–Trinajstić information content (AvgIpc) is 2.74. The third kappa shape index (κ3) is 6.86. The predicted molar refractivity (Wildman–Crippen MR) is 131 cm³/mol. The SMILES string of the molecule is CCCC(=O)Nc1ccc(CN=C(N)N2CCN(c3ccc(F)cc3)CC2)cc1.I. The minimum atomic E-state index is -0.222. The second-order valence-corrected chi connectivity index (χ2v) is 7.12. The van der Waals surface area contributed by atoms with Crippen LogP contribution >= 0.6 is 24.0 Å². The number of hydrogen-bond donors (Lipinski definition) is 2. The number of nitrogens with two attached hydrogens (primary N) is 1. The van der Waals surface area contributed by atoms with Crippen LogP contribution < -0.4 is 16.0 Å². The molecule has 0 aliphatic carbocycles. The Morgan fingerprint density at radius 2 is 1.70 bits per heavy atom. The van der Waals surface area contributed by atoms with E-state index in [2.05, 4.69) is 20.1 Å². The molecule has 0 saturated carbocycles. The minimum absolute atomic E-state index is 0. The van der Waals surface area contributed by atoms with Gasteiger partial charge in [0, 0.05) is 44.0 Å². The Balaban J connectivity index is 0.00000320. The maximum atomic E-state index is 13.1. The highest BCUT2D eigenvalue weighted by Crippen LogP contribution is 2.17. The summed E-state index contributed by atoms with van der Waals surface area (Å²) in [4.78, 5) is 20.4. The van der Waals surface area contributed by atoms with Gasteiger partial charge in [0.1, 0.15) is 5.82 Å². The summed E-state index contributed by atoms with van der Waals surface area (Å²) in [7, 11) is 0. The molecule has 162 valence electrons. The summed E-state index contributed by atoms with van der Waals surface area (Å²) in [5, 5.41) is 2.87. The lowest BCUT2D eigenvalue weighted by atomic mass is 10.2. The summed E-state index contributed by atoms with van der Waals surface area (Å²) in [6.45, 7) is 5.65. The zero-order chi connectivity index (χ0) is 20.6. The molecule has 0 aromatic heterocycles. The van der Waals surface area contributed by atoms with Crippen LogP contribution in [-0.2, 0) is 11.3 Å². The van der Waals surface area contributed by atoms with Crippen LogP contribution in [0, 0.1) is 5.82 Å². The van der Waals surface area contributed by atoms with Crippen LogP contribution in [0.25, 0.3) is 0 Å². The van der Waals surface area contributed by atoms with E-state index >= 15 is 0 Å². The summed E-state index contributed by atoms with van der Waals surface area (Å²) in [6.07, 6.45) is 1.35. The molecule has 2 aromatic carbocycles. The molecule has 1 aliphatic heterocycles. The van der Waals surface area contributed by atoms with Gasteiger partial charge in [-0.25, -0.2) is 9.38 Å². The van der Waals surface area contributed by atoms with Crippen molar-refractivity contribution in [3.63, 3.8) is 0 Å². The van der Waals surface area contributed by atoms with Crippen molar-refractivity contribution >= 4 is 47.2 Å². The standard InChI is InChI=1S/C22H28FN5O.HI/c1-2-3-21(29)26-19-8-4-17(5-9-19)16-25-22(24)28-14-12-27(13-15-28)20-10-6-18(23)7-11-20;/h4-11H,2-3,12-16H2,1H3,(H2,24,25)(H,26,29);1H. The number of hydrogen-bond acceptors (Lipinski definition) is 3. The molecule has 1 fully saturated rings. The number of nitrogens with one attached hydrogen (secondary N) is 1. The van der Waals surface area contributed by atoms with Crippen molar-refractivity contribution in [1.82, 2.24) is 4.90 Å². The molecule has 0 bridgehead atoms. The normalized spacial score (nSPS) is 14.3. The van der Waals surface area contributed by atoms with E-state index in [1.807, 2.05) is 31.2 Å². The topological polar surface area (TPSA) is 74.0 Å². The maximum absolute atomic E-state index is 13.1. The van der Waals surface area contributed by atoms with Gasteiger partial charge in [0.25, 0.3) is 0 Å². The Morgan fingerprint density at radius 1 is 1.07 bits per heavy atom. The Bertz CT molecular complexity index is 834. The highest BCUT2D eigenvalue weighted by Gasteiger charge is 2.18. The number of piperazine rings is 1. The van der Waals surface area contributed by atoms with Crippen LogP contribution in [0.15, 0.2) is 53.5 Å². The molecule has 1 aliphatic rings. The van der Waals surface area contributed by atoms with Gasteiger partial charge in [-0.05, 0) is 48.4 Å². The van der Waals surface area contributed by atoms with E-state index in [0.717, 1.165) is 49.5 Å². The molecule has 0 radical (unpaired) electrons. The number of amides is 1. The molecular weight excluding hydrogens is 496 g/mol. The molecular formula is C22H29FIN5O. The van der Waals surface area contributed by atoms with Crippen molar-refractivity contribution < 1.29 is 9.18 Å². The molecule has 3 N–H and O–H groups in total. The Morgan fingerprint density at radius 3 is 2.30 bits per heavy atom. The largest absolute Gasteiger partial charge is 0.370 e. The number of aliphatic imine (C=N–C) groups is 1. The second kappa shape index (κ2) is 11.7. The van der Waals surface area contributed by atoms with Crippen LogP contribution in [0.2, 0.25) is 0 Å². The number of carbonyl (C=O) groups is 1. The van der Waals surface area contributed by atoms with Crippen LogP contribution in [0.1, 0.15) is 25.3 Å². The monoisotopic (exact) mass is 525 g/mol. The smallest absolute Gasteiger partial charge is 0.224 e. The number of carbonyl (C=O) groups excluding carboxylic acids is 1. The van der Waals surface area contributed by atoms with Gasteiger partial charge in [-0.3, -0.25) is 4.79 Å². The molecule has 0 spiro atoms. The summed E-state index contributed by atoms with van der Waals surface area (Å²) in [5.74, 6) is 0.339. The van der Waals surface area contributed by atoms with Gasteiger partial charge in [-0.2, -0.15) is 0 Å². The first-order valence-corrected chi connectivity index (χ1v) is 9.99. The van der Waals surface area contributed by atoms with E-state index < -0.39 is 0 Å². The first-order valence-electron chi connectivity index (χ1n) is 9.99. The van der Waals surface area contributed by atoms with E-state index in [1.54, 1.807) is 12.1 Å². The maximum Gasteiger partial charge on any atom is 0.224 e. The van der Waals surface area contributed by atoms with Crippen molar-refractivity contribution in [1.29, 1.82) is 0 Å². The predicted octanol–water partition coefficient (Wildman–Crippen LogP) is 3.82. The fourth-order valence-corrected chi connectivity index (χ4v) is 3.26. The number of nitrogens with zero attached hydrogens (tertiary/aromatic N) is 3. The Labute approximate surface area is 194 Å². The van der Waals surface area contributed by atoms with Gasteiger partial charge in [0.15, 0.2) is 5.96 Å². The van der Waals surface area contributed by atoms with Crippen molar-refractivity contribution in [2.45, 2.75) is 26.3 Å². The molecule has 0 atom stereocenters. The summed E-state index contributed by atoms with van der Waals surface area (Å²) >= 11 is 0. The summed E-state index contributed by atoms with van der Waals surface area (Å²) < 4.78 is 13.1. The number of rotatable bonds is 6. The summed E-state index contributed by atoms with van der Waals surface area (Å²) in [6, 6.07) is 14.2. The molecule has 8 heteroatoms. The van der Waals surface area contributed by atoms with E-state index in [0.29, 0.717) is 18.9 Å². The molecule has 3 rings (SSSR count). The first kappa shape index (κ1) is 23.9. The van der Waals surface area contributed by atoms with Gasteiger partial charge < -0.3 is 20.9 Å². The van der Waals surface area contributed by atoms with E-state index in [-0.39, 0.29) is 35.7 Å². The third-order valence-electron chi connectivity index (χ3n) is 4.93. The highest BCUT2D eigenvalue weighted by atomic mass is 127. The zero-order valence-electron chi connectivity index (χ0n) is 17.2. The molecule has 1 saturated heterocycles. The lowest BCUT2D eigenvalue weighted by Gasteiger charge is -2.36. The zero-order valence-corrected chi connectivity index (χ0v) is 19.5. The molecule has 1 amide bonds. The quantitative estimate of drug-likeness (QED) is 0.342. The van der Waals surface area contributed by atoms with E-state index in [9.17, 15) is 9.18 Å². The lowest BCUT2D eigenvalue weighted by molar-refractivity contribution is -0.116. The Hall–Kier alpha value is -2.36. The van der Waals surface area contributed by atoms with Gasteiger partial charge in [0.2, 0.25) is 5.91 Å². The van der Waals surface area contributed by atoms with Crippen LogP contribution in [0.3, 0.4) is 0 Å². The minimum Gasteiger partial charge on any atom is -0.370 e. The van der Waals surface area contributed by atoms with Gasteiger partial charge in [-0.1, -0.05) is 19.1 Å². The number of guanidine groups is 1. The van der Waals surface area contributed by atoms with E-state index in [1.165, 1.54) is 12.1 Å². The van der Waals surface area contributed by atoms with Gasteiger partial charge in [-0.15, -0.1) is 24.0 Å². The number of anilines is 2. The van der Waals surface area contributed by atoms with Crippen LogP contribution in [-0.4, -0.2) is 42.9 Å². The van der Waals surface area contributed by atoms with Gasteiger partial charge >= 0.3 is 0 Å².